The van der Waals surface area contributed by atoms with E-state index in [4.69, 9.17) is 21.1 Å². The number of ether oxygens (including phenoxy) is 2. The standard InChI is InChI=1S/C23H24ClN3O3/c1-29-17-5-2-15(3-6-17)22-21-18(19-14-16(24)4-7-20(19)25-21)8-9-27(22)23(28)26-10-12-30-13-11-26/h2-7,14,22,25H,8-13H2,1H3. The summed E-state index contributed by atoms with van der Waals surface area (Å²) in [6, 6.07) is 13.7. The molecule has 7 heteroatoms. The SMILES string of the molecule is COc1ccc(C2c3[nH]c4ccc(Cl)cc4c3CCN2C(=O)N2CCOCC2)cc1. The van der Waals surface area contributed by atoms with Gasteiger partial charge in [0.15, 0.2) is 0 Å². The van der Waals surface area contributed by atoms with Gasteiger partial charge in [-0.05, 0) is 47.9 Å². The van der Waals surface area contributed by atoms with E-state index in [0.717, 1.165) is 39.4 Å². The van der Waals surface area contributed by atoms with E-state index in [1.807, 2.05) is 52.3 Å². The summed E-state index contributed by atoms with van der Waals surface area (Å²) < 4.78 is 10.8. The van der Waals surface area contributed by atoms with E-state index in [2.05, 4.69) is 4.98 Å². The fourth-order valence-corrected chi connectivity index (χ4v) is 4.71. The fraction of sp³-hybridized carbons (Fsp3) is 0.348. The lowest BCUT2D eigenvalue weighted by Crippen LogP contribution is -2.51. The number of halogens is 1. The van der Waals surface area contributed by atoms with Crippen LogP contribution in [0.5, 0.6) is 5.75 Å². The number of carbonyl (C=O) groups excluding carboxylic acids is 1. The minimum Gasteiger partial charge on any atom is -0.497 e. The third kappa shape index (κ3) is 3.30. The molecule has 5 rings (SSSR count). The second-order valence-corrected chi connectivity index (χ2v) is 8.14. The Balaban J connectivity index is 1.60. The van der Waals surface area contributed by atoms with Crippen LogP contribution in [-0.2, 0) is 11.2 Å². The molecule has 2 amide bonds. The average Bonchev–Trinajstić information content (AvgIpc) is 3.16. The molecule has 156 valence electrons. The van der Waals surface area contributed by atoms with Crippen molar-refractivity contribution in [3.8, 4) is 5.75 Å². The molecular formula is C23H24ClN3O3. The van der Waals surface area contributed by atoms with Crippen molar-refractivity contribution < 1.29 is 14.3 Å². The molecule has 0 spiro atoms. The normalized spacial score (nSPS) is 19.1. The topological polar surface area (TPSA) is 57.8 Å². The van der Waals surface area contributed by atoms with Gasteiger partial charge in [0, 0.05) is 41.3 Å². The highest BCUT2D eigenvalue weighted by Gasteiger charge is 2.36. The summed E-state index contributed by atoms with van der Waals surface area (Å²) in [6.45, 7) is 3.07. The molecule has 2 aliphatic heterocycles. The molecule has 1 N–H and O–H groups in total. The maximum Gasteiger partial charge on any atom is 0.321 e. The third-order valence-electron chi connectivity index (χ3n) is 6.05. The molecule has 0 bridgehead atoms. The Kier molecular flexibility index (Phi) is 5.05. The fourth-order valence-electron chi connectivity index (χ4n) is 4.54. The molecule has 3 heterocycles. The number of methoxy groups -OCH3 is 1. The van der Waals surface area contributed by atoms with E-state index in [1.165, 1.54) is 5.56 Å². The van der Waals surface area contributed by atoms with Crippen molar-refractivity contribution in [1.82, 2.24) is 14.8 Å². The molecule has 30 heavy (non-hydrogen) atoms. The highest BCUT2D eigenvalue weighted by Crippen LogP contribution is 2.40. The monoisotopic (exact) mass is 425 g/mol. The number of rotatable bonds is 2. The summed E-state index contributed by atoms with van der Waals surface area (Å²) in [5.41, 5.74) is 4.39. The van der Waals surface area contributed by atoms with Crippen LogP contribution < -0.4 is 4.74 Å². The molecule has 6 nitrogen and oxygen atoms in total. The van der Waals surface area contributed by atoms with E-state index in [-0.39, 0.29) is 12.1 Å². The lowest BCUT2D eigenvalue weighted by atomic mass is 9.92. The van der Waals surface area contributed by atoms with Crippen LogP contribution in [0.3, 0.4) is 0 Å². The van der Waals surface area contributed by atoms with Crippen molar-refractivity contribution >= 4 is 28.5 Å². The van der Waals surface area contributed by atoms with E-state index in [0.29, 0.717) is 32.8 Å². The highest BCUT2D eigenvalue weighted by molar-refractivity contribution is 6.31. The maximum atomic E-state index is 13.5. The Morgan fingerprint density at radius 2 is 1.90 bits per heavy atom. The van der Waals surface area contributed by atoms with Crippen molar-refractivity contribution in [3.05, 3.63) is 64.3 Å². The lowest BCUT2D eigenvalue weighted by molar-refractivity contribution is 0.0398. The molecule has 2 aromatic carbocycles. The number of amides is 2. The van der Waals surface area contributed by atoms with Crippen molar-refractivity contribution in [2.45, 2.75) is 12.5 Å². The zero-order valence-corrected chi connectivity index (χ0v) is 17.6. The first-order valence-corrected chi connectivity index (χ1v) is 10.6. The second kappa shape index (κ2) is 7.85. The van der Waals surface area contributed by atoms with Crippen molar-refractivity contribution in [1.29, 1.82) is 0 Å². The van der Waals surface area contributed by atoms with Crippen LogP contribution in [0, 0.1) is 0 Å². The van der Waals surface area contributed by atoms with E-state index < -0.39 is 0 Å². The van der Waals surface area contributed by atoms with Crippen molar-refractivity contribution in [2.24, 2.45) is 0 Å². The second-order valence-electron chi connectivity index (χ2n) is 7.71. The number of hydrogen-bond donors (Lipinski definition) is 1. The number of aromatic amines is 1. The van der Waals surface area contributed by atoms with Crippen molar-refractivity contribution in [3.63, 3.8) is 0 Å². The summed E-state index contributed by atoms with van der Waals surface area (Å²) >= 11 is 6.27. The minimum absolute atomic E-state index is 0.0569. The predicted octanol–water partition coefficient (Wildman–Crippen LogP) is 4.23. The van der Waals surface area contributed by atoms with Gasteiger partial charge in [0.1, 0.15) is 5.75 Å². The number of H-pyrrole nitrogens is 1. The molecule has 3 aromatic rings. The summed E-state index contributed by atoms with van der Waals surface area (Å²) in [4.78, 5) is 20.9. The van der Waals surface area contributed by atoms with Gasteiger partial charge in [0.2, 0.25) is 0 Å². The molecule has 1 saturated heterocycles. The minimum atomic E-state index is -0.193. The summed E-state index contributed by atoms with van der Waals surface area (Å²) in [7, 11) is 1.66. The predicted molar refractivity (Wildman–Crippen MR) is 116 cm³/mol. The first kappa shape index (κ1) is 19.3. The van der Waals surface area contributed by atoms with Gasteiger partial charge in [0.05, 0.1) is 26.4 Å². The number of fused-ring (bicyclic) bond motifs is 3. The Hall–Kier alpha value is -2.70. The third-order valence-corrected chi connectivity index (χ3v) is 6.28. The molecule has 1 fully saturated rings. The van der Waals surface area contributed by atoms with E-state index >= 15 is 0 Å². The zero-order valence-electron chi connectivity index (χ0n) is 16.9. The number of hydrogen-bond acceptors (Lipinski definition) is 3. The zero-order chi connectivity index (χ0) is 20.7. The van der Waals surface area contributed by atoms with Gasteiger partial charge in [0.25, 0.3) is 0 Å². The molecule has 2 aliphatic rings. The number of aromatic nitrogens is 1. The van der Waals surface area contributed by atoms with Crippen LogP contribution in [0.15, 0.2) is 42.5 Å². The van der Waals surface area contributed by atoms with Crippen LogP contribution in [0.25, 0.3) is 10.9 Å². The van der Waals surface area contributed by atoms with Crippen LogP contribution in [0.2, 0.25) is 5.02 Å². The van der Waals surface area contributed by atoms with Crippen LogP contribution in [0.4, 0.5) is 4.79 Å². The highest BCUT2D eigenvalue weighted by atomic mass is 35.5. The number of urea groups is 1. The Morgan fingerprint density at radius 3 is 2.63 bits per heavy atom. The quantitative estimate of drug-likeness (QED) is 0.668. The summed E-state index contributed by atoms with van der Waals surface area (Å²) in [6.07, 6.45) is 0.790. The van der Waals surface area contributed by atoms with Crippen molar-refractivity contribution in [2.75, 3.05) is 40.0 Å². The van der Waals surface area contributed by atoms with E-state index in [9.17, 15) is 4.79 Å². The molecule has 0 radical (unpaired) electrons. The van der Waals surface area contributed by atoms with Crippen LogP contribution in [0.1, 0.15) is 22.9 Å². The van der Waals surface area contributed by atoms with Gasteiger partial charge in [-0.2, -0.15) is 0 Å². The number of nitrogens with one attached hydrogen (secondary N) is 1. The van der Waals surface area contributed by atoms with Gasteiger partial charge in [-0.15, -0.1) is 0 Å². The van der Waals surface area contributed by atoms with Crippen LogP contribution in [-0.4, -0.2) is 60.8 Å². The van der Waals surface area contributed by atoms with Gasteiger partial charge in [-0.1, -0.05) is 23.7 Å². The first-order valence-electron chi connectivity index (χ1n) is 10.2. The molecule has 0 aliphatic carbocycles. The summed E-state index contributed by atoms with van der Waals surface area (Å²) in [5, 5.41) is 1.85. The smallest absolute Gasteiger partial charge is 0.321 e. The number of morpholine rings is 1. The molecular weight excluding hydrogens is 402 g/mol. The van der Waals surface area contributed by atoms with Gasteiger partial charge < -0.3 is 24.3 Å². The van der Waals surface area contributed by atoms with Crippen LogP contribution >= 0.6 is 11.6 Å². The summed E-state index contributed by atoms with van der Waals surface area (Å²) in [5.74, 6) is 0.796. The lowest BCUT2D eigenvalue weighted by Gasteiger charge is -2.40. The number of nitrogens with zero attached hydrogens (tertiary/aromatic N) is 2. The molecule has 1 unspecified atom stereocenters. The Bertz CT molecular complexity index is 1070. The largest absolute Gasteiger partial charge is 0.497 e. The number of carbonyl (C=O) groups is 1. The van der Waals surface area contributed by atoms with Gasteiger partial charge in [-0.3, -0.25) is 0 Å². The van der Waals surface area contributed by atoms with Gasteiger partial charge >= 0.3 is 6.03 Å². The maximum absolute atomic E-state index is 13.5. The molecule has 1 aromatic heterocycles. The molecule has 0 saturated carbocycles. The Morgan fingerprint density at radius 1 is 1.13 bits per heavy atom. The van der Waals surface area contributed by atoms with Gasteiger partial charge in [-0.25, -0.2) is 4.79 Å². The molecule has 1 atom stereocenters. The first-order chi connectivity index (χ1) is 14.7. The number of benzene rings is 2. The Labute approximate surface area is 180 Å². The van der Waals surface area contributed by atoms with E-state index in [1.54, 1.807) is 7.11 Å². The average molecular weight is 426 g/mol.